The Labute approximate surface area is 161 Å². The van der Waals surface area contributed by atoms with E-state index in [2.05, 4.69) is 10.8 Å². The number of unbranched alkanes of at least 4 members (excludes halogenated alkanes) is 2. The molecule has 6 heteroatoms. The highest BCUT2D eigenvalue weighted by molar-refractivity contribution is 7.92. The number of hydrogen-bond acceptors (Lipinski definition) is 4. The van der Waals surface area contributed by atoms with Crippen LogP contribution in [-0.4, -0.2) is 25.9 Å². The minimum atomic E-state index is -3.31. The highest BCUT2D eigenvalue weighted by Crippen LogP contribution is 2.36. The topological polar surface area (TPSA) is 75.6 Å². The molecule has 2 aromatic carbocycles. The Kier molecular flexibility index (Phi) is 6.39. The first-order valence-electron chi connectivity index (χ1n) is 9.50. The lowest BCUT2D eigenvalue weighted by Crippen LogP contribution is -2.16. The van der Waals surface area contributed by atoms with Crippen molar-refractivity contribution in [3.8, 4) is 11.5 Å². The van der Waals surface area contributed by atoms with Crippen molar-refractivity contribution in [1.82, 2.24) is 0 Å². The van der Waals surface area contributed by atoms with Gasteiger partial charge in [0.05, 0.1) is 5.75 Å². The number of aliphatic hydroxyl groups is 1. The van der Waals surface area contributed by atoms with Crippen molar-refractivity contribution in [3.05, 3.63) is 53.6 Å². The first kappa shape index (κ1) is 19.7. The fraction of sp³-hybridized carbons (Fsp3) is 0.429. The van der Waals surface area contributed by atoms with Crippen LogP contribution in [0.5, 0.6) is 11.5 Å². The summed E-state index contributed by atoms with van der Waals surface area (Å²) in [5.74, 6) is 1.86. The van der Waals surface area contributed by atoms with Crippen LogP contribution in [0.2, 0.25) is 0 Å². The van der Waals surface area contributed by atoms with Crippen molar-refractivity contribution in [2.45, 2.75) is 39.0 Å². The van der Waals surface area contributed by atoms with E-state index in [1.807, 2.05) is 19.1 Å². The number of rotatable bonds is 9. The fourth-order valence-electron chi connectivity index (χ4n) is 3.42. The summed E-state index contributed by atoms with van der Waals surface area (Å²) >= 11 is 0. The van der Waals surface area contributed by atoms with Gasteiger partial charge in [0, 0.05) is 12.3 Å². The van der Waals surface area contributed by atoms with Crippen molar-refractivity contribution in [1.29, 1.82) is 0 Å². The second-order valence-corrected chi connectivity index (χ2v) is 8.95. The molecule has 2 aromatic rings. The molecule has 2 N–H and O–H groups in total. The SMILES string of the molecule is CCCCCS(=O)(=O)Nc1ccc(Oc2cccc3c2CC(CO)C3)cc1. The molecule has 0 radical (unpaired) electrons. The second-order valence-electron chi connectivity index (χ2n) is 7.11. The van der Waals surface area contributed by atoms with Crippen molar-refractivity contribution >= 4 is 15.7 Å². The molecule has 146 valence electrons. The van der Waals surface area contributed by atoms with E-state index in [9.17, 15) is 13.5 Å². The van der Waals surface area contributed by atoms with Gasteiger partial charge < -0.3 is 9.84 Å². The van der Waals surface area contributed by atoms with Gasteiger partial charge in [0.15, 0.2) is 0 Å². The molecule has 0 fully saturated rings. The van der Waals surface area contributed by atoms with Gasteiger partial charge in [-0.05, 0) is 66.6 Å². The molecule has 0 bridgehead atoms. The van der Waals surface area contributed by atoms with Crippen LogP contribution in [-0.2, 0) is 22.9 Å². The zero-order valence-corrected chi connectivity index (χ0v) is 16.5. The molecule has 0 saturated carbocycles. The molecule has 0 spiro atoms. The third-order valence-corrected chi connectivity index (χ3v) is 6.23. The quantitative estimate of drug-likeness (QED) is 0.633. The highest BCUT2D eigenvalue weighted by atomic mass is 32.2. The minimum Gasteiger partial charge on any atom is -0.457 e. The van der Waals surface area contributed by atoms with Crippen LogP contribution in [0.4, 0.5) is 5.69 Å². The first-order valence-corrected chi connectivity index (χ1v) is 11.2. The lowest BCUT2D eigenvalue weighted by Gasteiger charge is -2.12. The van der Waals surface area contributed by atoms with Crippen LogP contribution in [0.25, 0.3) is 0 Å². The van der Waals surface area contributed by atoms with E-state index in [-0.39, 0.29) is 18.3 Å². The maximum absolute atomic E-state index is 12.1. The molecule has 5 nitrogen and oxygen atoms in total. The second kappa shape index (κ2) is 8.76. The van der Waals surface area contributed by atoms with Gasteiger partial charge in [-0.1, -0.05) is 31.9 Å². The Balaban J connectivity index is 1.65. The van der Waals surface area contributed by atoms with Gasteiger partial charge in [-0.25, -0.2) is 8.42 Å². The highest BCUT2D eigenvalue weighted by Gasteiger charge is 2.24. The number of nitrogens with one attached hydrogen (secondary N) is 1. The summed E-state index contributed by atoms with van der Waals surface area (Å²) in [6.45, 7) is 2.23. The molecule has 0 amide bonds. The Morgan fingerprint density at radius 3 is 2.59 bits per heavy atom. The summed E-state index contributed by atoms with van der Waals surface area (Å²) in [6, 6.07) is 12.9. The number of anilines is 1. The van der Waals surface area contributed by atoms with Crippen LogP contribution in [0.1, 0.15) is 37.3 Å². The number of fused-ring (bicyclic) bond motifs is 1. The summed E-state index contributed by atoms with van der Waals surface area (Å²) in [7, 11) is -3.31. The molecule has 0 aromatic heterocycles. The molecule has 1 aliphatic carbocycles. The number of hydrogen-bond donors (Lipinski definition) is 2. The fourth-order valence-corrected chi connectivity index (χ4v) is 4.60. The molecule has 0 aliphatic heterocycles. The van der Waals surface area contributed by atoms with Crippen molar-refractivity contribution in [2.24, 2.45) is 5.92 Å². The van der Waals surface area contributed by atoms with E-state index in [1.54, 1.807) is 24.3 Å². The normalized spacial score (nSPS) is 16.1. The van der Waals surface area contributed by atoms with Gasteiger partial charge in [0.1, 0.15) is 11.5 Å². The largest absolute Gasteiger partial charge is 0.457 e. The monoisotopic (exact) mass is 389 g/mol. The number of aliphatic hydroxyl groups excluding tert-OH is 1. The van der Waals surface area contributed by atoms with E-state index in [0.29, 0.717) is 17.9 Å². The van der Waals surface area contributed by atoms with Crippen LogP contribution in [0, 0.1) is 5.92 Å². The van der Waals surface area contributed by atoms with Gasteiger partial charge >= 0.3 is 0 Å². The van der Waals surface area contributed by atoms with E-state index in [1.165, 1.54) is 5.56 Å². The van der Waals surface area contributed by atoms with Gasteiger partial charge in [-0.2, -0.15) is 0 Å². The van der Waals surface area contributed by atoms with E-state index < -0.39 is 10.0 Å². The van der Waals surface area contributed by atoms with E-state index in [4.69, 9.17) is 4.74 Å². The predicted molar refractivity (Wildman–Crippen MR) is 108 cm³/mol. The van der Waals surface area contributed by atoms with Gasteiger partial charge in [0.25, 0.3) is 0 Å². The number of sulfonamides is 1. The zero-order valence-electron chi connectivity index (χ0n) is 15.6. The lowest BCUT2D eigenvalue weighted by molar-refractivity contribution is 0.232. The summed E-state index contributed by atoms with van der Waals surface area (Å²) in [4.78, 5) is 0. The molecule has 1 aliphatic rings. The molecular weight excluding hydrogens is 362 g/mol. The van der Waals surface area contributed by atoms with Gasteiger partial charge in [0.2, 0.25) is 10.0 Å². The average molecular weight is 390 g/mol. The molecule has 3 rings (SSSR count). The molecule has 1 atom stereocenters. The summed E-state index contributed by atoms with van der Waals surface area (Å²) in [5, 5.41) is 9.41. The summed E-state index contributed by atoms with van der Waals surface area (Å²) in [5.41, 5.74) is 2.91. The van der Waals surface area contributed by atoms with Crippen LogP contribution < -0.4 is 9.46 Å². The Hall–Kier alpha value is -2.05. The smallest absolute Gasteiger partial charge is 0.232 e. The lowest BCUT2D eigenvalue weighted by atomic mass is 10.1. The van der Waals surface area contributed by atoms with Crippen LogP contribution in [0.3, 0.4) is 0 Å². The molecular formula is C21H27NO4S. The maximum atomic E-state index is 12.1. The minimum absolute atomic E-state index is 0.140. The maximum Gasteiger partial charge on any atom is 0.232 e. The standard InChI is InChI=1S/C21H27NO4S/c1-2-3-4-12-27(24,25)22-18-8-10-19(11-9-18)26-21-7-5-6-17-13-16(15-23)14-20(17)21/h5-11,16,22-23H,2-4,12-15H2,1H3. The van der Waals surface area contributed by atoms with E-state index in [0.717, 1.165) is 37.0 Å². The number of benzene rings is 2. The number of ether oxygens (including phenoxy) is 1. The van der Waals surface area contributed by atoms with Crippen LogP contribution >= 0.6 is 0 Å². The Morgan fingerprint density at radius 1 is 1.11 bits per heavy atom. The van der Waals surface area contributed by atoms with Crippen molar-refractivity contribution in [3.63, 3.8) is 0 Å². The predicted octanol–water partition coefficient (Wildman–Crippen LogP) is 4.12. The van der Waals surface area contributed by atoms with Crippen LogP contribution in [0.15, 0.2) is 42.5 Å². The van der Waals surface area contributed by atoms with E-state index >= 15 is 0 Å². The molecule has 1 unspecified atom stereocenters. The van der Waals surface area contributed by atoms with Gasteiger partial charge in [-0.3, -0.25) is 4.72 Å². The summed E-state index contributed by atoms with van der Waals surface area (Å²) < 4.78 is 32.8. The van der Waals surface area contributed by atoms with Crippen molar-refractivity contribution in [2.75, 3.05) is 17.1 Å². The summed E-state index contributed by atoms with van der Waals surface area (Å²) in [6.07, 6.45) is 4.26. The Bertz CT molecular complexity index is 862. The molecule has 0 heterocycles. The molecule has 27 heavy (non-hydrogen) atoms. The van der Waals surface area contributed by atoms with Crippen molar-refractivity contribution < 1.29 is 18.3 Å². The third-order valence-electron chi connectivity index (χ3n) is 4.86. The zero-order chi connectivity index (χ0) is 19.3. The average Bonchev–Trinajstić information content (AvgIpc) is 3.08. The third kappa shape index (κ3) is 5.23. The first-order chi connectivity index (χ1) is 13.0. The van der Waals surface area contributed by atoms with Gasteiger partial charge in [-0.15, -0.1) is 0 Å². The Morgan fingerprint density at radius 2 is 1.89 bits per heavy atom. The molecule has 0 saturated heterocycles.